The summed E-state index contributed by atoms with van der Waals surface area (Å²) in [7, 11) is 0. The van der Waals surface area contributed by atoms with Gasteiger partial charge in [0.15, 0.2) is 0 Å². The van der Waals surface area contributed by atoms with Crippen molar-refractivity contribution in [2.75, 3.05) is 6.54 Å². The second-order valence-corrected chi connectivity index (χ2v) is 12.9. The molecule has 0 saturated heterocycles. The van der Waals surface area contributed by atoms with Gasteiger partial charge in [0.2, 0.25) is 5.78 Å². The van der Waals surface area contributed by atoms with Crippen molar-refractivity contribution in [2.24, 2.45) is 11.5 Å². The number of hydrogen-bond donors (Lipinski definition) is 2. The maximum absolute atomic E-state index is 13.1. The van der Waals surface area contributed by atoms with E-state index in [0.29, 0.717) is 0 Å². The van der Waals surface area contributed by atoms with Crippen molar-refractivity contribution in [1.29, 1.82) is 0 Å². The number of primary amides is 1. The Balaban J connectivity index is -0.000000155. The molecule has 0 aliphatic rings. The number of hydrogen-bond acceptors (Lipinski definition) is 5. The van der Waals surface area contributed by atoms with E-state index < -0.39 is 40.8 Å². The monoisotopic (exact) mass is 968 g/mol. The van der Waals surface area contributed by atoms with Crippen LogP contribution >= 0.6 is 15.9 Å². The highest BCUT2D eigenvalue weighted by atomic mass is 79.9. The van der Waals surface area contributed by atoms with E-state index in [1.54, 1.807) is 38.1 Å². The molecule has 0 aromatic heterocycles. The molecule has 0 heterocycles. The van der Waals surface area contributed by atoms with Gasteiger partial charge in [-0.25, -0.2) is 0 Å². The van der Waals surface area contributed by atoms with Gasteiger partial charge in [0.05, 0.1) is 6.54 Å². The molecule has 0 fully saturated rings. The quantitative estimate of drug-likeness (QED) is 0.141. The summed E-state index contributed by atoms with van der Waals surface area (Å²) in [6.45, 7) is 27.3. The van der Waals surface area contributed by atoms with Gasteiger partial charge in [-0.05, 0) is 50.5 Å². The van der Waals surface area contributed by atoms with Crippen LogP contribution < -0.4 is 11.5 Å². The zero-order chi connectivity index (χ0) is 51.2. The van der Waals surface area contributed by atoms with Crippen LogP contribution in [-0.4, -0.2) is 29.2 Å². The Labute approximate surface area is 379 Å². The second kappa shape index (κ2) is 38.9. The summed E-state index contributed by atoms with van der Waals surface area (Å²) in [5, 5.41) is 0. The standard InChI is InChI=1S/C10H10F2O.C9H9F2NO.C9H11F2N.C8H10.C3H5BrF2.4C2H6.CO2/c1-7-3-5-9(6-4-7)10(11,12)8(2)13;1-6-2-4-7(5-3-6)9(10,11)8(12)13;1-7-2-4-8(5-3-7)9(10,11)6-12;1-7-3-5-8(2)6-4-7;1-2-3(4,5)6;4*1-2;2-1-3/h3-6H,1-2H3;2-5H,1H3,(H2,12,13);2-5H,6,12H2,1H3;3-6H,1-2H3;2H2,1H3;4*1-2H3;. The van der Waals surface area contributed by atoms with Crippen molar-refractivity contribution in [1.82, 2.24) is 0 Å². The van der Waals surface area contributed by atoms with Crippen molar-refractivity contribution in [3.8, 4) is 0 Å². The predicted octanol–water partition coefficient (Wildman–Crippen LogP) is 14.5. The number of halogens is 9. The molecule has 15 heteroatoms. The van der Waals surface area contributed by atoms with E-state index in [1.165, 1.54) is 66.6 Å². The molecular formula is C48H69BrF8N2O4. The van der Waals surface area contributed by atoms with Crippen molar-refractivity contribution in [3.05, 3.63) is 142 Å². The van der Waals surface area contributed by atoms with Gasteiger partial charge in [0.1, 0.15) is 0 Å². The van der Waals surface area contributed by atoms with E-state index in [-0.39, 0.29) is 29.3 Å². The van der Waals surface area contributed by atoms with Gasteiger partial charge >= 0.3 is 22.8 Å². The van der Waals surface area contributed by atoms with Crippen LogP contribution in [0.1, 0.15) is 120 Å². The number of Topliss-reactive ketones (excluding diaryl/α,β-unsaturated/α-hetero) is 1. The van der Waals surface area contributed by atoms with Crippen LogP contribution in [0, 0.1) is 34.6 Å². The molecule has 4 aromatic rings. The number of nitrogens with two attached hydrogens (primary N) is 2. The van der Waals surface area contributed by atoms with Gasteiger partial charge in [-0.15, -0.1) is 0 Å². The van der Waals surface area contributed by atoms with Gasteiger partial charge in [-0.1, -0.05) is 187 Å². The Morgan fingerprint density at radius 3 is 0.873 bits per heavy atom. The second-order valence-electron chi connectivity index (χ2n) is 11.8. The van der Waals surface area contributed by atoms with Crippen LogP contribution in [0.25, 0.3) is 0 Å². The minimum Gasteiger partial charge on any atom is -0.364 e. The Morgan fingerprint density at radius 1 is 0.508 bits per heavy atom. The third-order valence-corrected chi connectivity index (χ3v) is 7.49. The molecule has 4 N–H and O–H groups in total. The van der Waals surface area contributed by atoms with Crippen molar-refractivity contribution in [2.45, 2.75) is 133 Å². The molecule has 1 amide bonds. The summed E-state index contributed by atoms with van der Waals surface area (Å²) in [4.78, 5) is 34.6. The lowest BCUT2D eigenvalue weighted by atomic mass is 10.0. The minimum atomic E-state index is -3.58. The van der Waals surface area contributed by atoms with Crippen LogP contribution in [0.5, 0.6) is 0 Å². The van der Waals surface area contributed by atoms with Crippen LogP contribution in [0.15, 0.2) is 97.1 Å². The highest BCUT2D eigenvalue weighted by Crippen LogP contribution is 2.29. The normalized spacial score (nSPS) is 9.73. The molecule has 0 saturated carbocycles. The number of ketones is 1. The first kappa shape index (κ1) is 70.0. The molecule has 0 spiro atoms. The molecule has 0 bridgehead atoms. The third-order valence-electron chi connectivity index (χ3n) is 6.93. The van der Waals surface area contributed by atoms with Crippen molar-refractivity contribution < 1.29 is 54.3 Å². The molecule has 0 radical (unpaired) electrons. The van der Waals surface area contributed by atoms with E-state index in [9.17, 15) is 44.7 Å². The predicted molar refractivity (Wildman–Crippen MR) is 245 cm³/mol. The maximum Gasteiger partial charge on any atom is 0.373 e. The van der Waals surface area contributed by atoms with E-state index in [0.717, 1.165) is 23.6 Å². The summed E-state index contributed by atoms with van der Waals surface area (Å²) < 4.78 is 101. The molecule has 0 unspecified atom stereocenters. The molecule has 0 atom stereocenters. The highest BCUT2D eigenvalue weighted by Gasteiger charge is 2.38. The van der Waals surface area contributed by atoms with Crippen LogP contribution in [0.3, 0.4) is 0 Å². The van der Waals surface area contributed by atoms with E-state index in [1.807, 2.05) is 62.3 Å². The van der Waals surface area contributed by atoms with Crippen LogP contribution in [-0.2, 0) is 36.9 Å². The SMILES string of the molecule is CC.CC.CC.CC.CC(=O)C(F)(F)c1ccc(C)cc1.CCC(F)(F)Br.Cc1ccc(C(F)(F)C(N)=O)cc1.Cc1ccc(C(F)(F)CN)cc1.Cc1ccc(C)cc1.O=C=O. The minimum absolute atomic E-state index is 0.0180. The van der Waals surface area contributed by atoms with Gasteiger partial charge in [-0.3, -0.25) is 9.59 Å². The number of amides is 1. The first-order valence-corrected chi connectivity index (χ1v) is 21.0. The van der Waals surface area contributed by atoms with Crippen molar-refractivity contribution >= 4 is 33.8 Å². The number of carbonyl (C=O) groups excluding carboxylic acids is 4. The molecule has 0 aliphatic carbocycles. The highest BCUT2D eigenvalue weighted by molar-refractivity contribution is 9.10. The number of rotatable bonds is 7. The number of aryl methyl sites for hydroxylation is 5. The topological polar surface area (TPSA) is 120 Å². The average Bonchev–Trinajstić information content (AvgIpc) is 3.26. The molecule has 4 aromatic carbocycles. The number of benzene rings is 4. The summed E-state index contributed by atoms with van der Waals surface area (Å²) in [6.07, 6.45) is 0.104. The molecule has 63 heavy (non-hydrogen) atoms. The first-order chi connectivity index (χ1) is 29.2. The lowest BCUT2D eigenvalue weighted by Crippen LogP contribution is -2.32. The first-order valence-electron chi connectivity index (χ1n) is 20.2. The Morgan fingerprint density at radius 2 is 0.698 bits per heavy atom. The lowest BCUT2D eigenvalue weighted by molar-refractivity contribution is -0.191. The Hall–Kier alpha value is -4.72. The zero-order valence-electron chi connectivity index (χ0n) is 39.3. The van der Waals surface area contributed by atoms with Crippen molar-refractivity contribution in [3.63, 3.8) is 0 Å². The van der Waals surface area contributed by atoms with Crippen LogP contribution in [0.4, 0.5) is 35.1 Å². The Kier molecular flexibility index (Phi) is 43.2. The molecule has 0 aliphatic heterocycles. The Bertz CT molecular complexity index is 1660. The van der Waals surface area contributed by atoms with E-state index in [2.05, 4.69) is 59.8 Å². The molecule has 358 valence electrons. The average molecular weight is 970 g/mol. The van der Waals surface area contributed by atoms with Crippen LogP contribution in [0.2, 0.25) is 0 Å². The van der Waals surface area contributed by atoms with Gasteiger partial charge < -0.3 is 11.5 Å². The number of carbonyl (C=O) groups is 2. The van der Waals surface area contributed by atoms with Gasteiger partial charge in [-0.2, -0.15) is 44.7 Å². The fraction of sp³-hybridized carbons (Fsp3) is 0.438. The largest absolute Gasteiger partial charge is 0.373 e. The lowest BCUT2D eigenvalue weighted by Gasteiger charge is -2.13. The van der Waals surface area contributed by atoms with Gasteiger partial charge in [0.25, 0.3) is 11.8 Å². The summed E-state index contributed by atoms with van der Waals surface area (Å²) in [5.74, 6) is -12.6. The fourth-order valence-corrected chi connectivity index (χ4v) is 3.42. The summed E-state index contributed by atoms with van der Waals surface area (Å²) in [5.41, 5.74) is 14.2. The summed E-state index contributed by atoms with van der Waals surface area (Å²) in [6, 6.07) is 25.7. The zero-order valence-corrected chi connectivity index (χ0v) is 40.9. The third kappa shape index (κ3) is 34.5. The smallest absolute Gasteiger partial charge is 0.364 e. The molecule has 4 rings (SSSR count). The van der Waals surface area contributed by atoms with E-state index >= 15 is 0 Å². The van der Waals surface area contributed by atoms with E-state index in [4.69, 9.17) is 15.3 Å². The molecular weight excluding hydrogens is 900 g/mol. The molecule has 6 nitrogen and oxygen atoms in total. The summed E-state index contributed by atoms with van der Waals surface area (Å²) >= 11 is 2.14. The fourth-order valence-electron chi connectivity index (χ4n) is 3.42. The number of alkyl halides is 9. The maximum atomic E-state index is 13.1. The van der Waals surface area contributed by atoms with Gasteiger partial charge in [0, 0.05) is 30.0 Å².